The zero-order valence-corrected chi connectivity index (χ0v) is 82.9. The first kappa shape index (κ1) is 104. The molecule has 0 saturated carbocycles. The van der Waals surface area contributed by atoms with E-state index in [1.54, 1.807) is 39.5 Å². The van der Waals surface area contributed by atoms with Gasteiger partial charge in [-0.05, 0) is 313 Å². The molecule has 0 aliphatic heterocycles. The Morgan fingerprint density at radius 1 is 0.422 bits per heavy atom. The number of aromatic carboxylic acids is 1. The van der Waals surface area contributed by atoms with Gasteiger partial charge >= 0.3 is 29.3 Å². The molecule has 7 aliphatic rings. The lowest BCUT2D eigenvalue weighted by molar-refractivity contribution is -0.136. The Balaban J connectivity index is 0.000000162. The lowest BCUT2D eigenvalue weighted by atomic mass is 9.95. The third-order valence-electron chi connectivity index (χ3n) is 22.4. The number of fused-ring (bicyclic) bond motifs is 7. The summed E-state index contributed by atoms with van der Waals surface area (Å²) in [4.78, 5) is 87.8. The third-order valence-corrected chi connectivity index (χ3v) is 24.4. The van der Waals surface area contributed by atoms with E-state index < -0.39 is 45.5 Å². The number of nitrogens with zero attached hydrogens (tertiary/aromatic N) is 14. The molecule has 0 spiro atoms. The molecule has 0 atom stereocenters. The Morgan fingerprint density at radius 3 is 1.19 bits per heavy atom. The van der Waals surface area contributed by atoms with Crippen molar-refractivity contribution in [3.63, 3.8) is 0 Å². The highest BCUT2D eigenvalue weighted by atomic mass is 35.5. The summed E-state index contributed by atoms with van der Waals surface area (Å²) in [5.41, 5.74) is 29.8. The maximum Gasteiger partial charge on any atom is 0.403 e. The maximum absolute atomic E-state index is 12.5. The minimum absolute atomic E-state index is 0.0849. The summed E-state index contributed by atoms with van der Waals surface area (Å²) in [5, 5.41) is 38.2. The Morgan fingerprint density at radius 2 is 0.785 bits per heavy atom. The number of halogens is 2. The topological polar surface area (TPSA) is 356 Å². The number of aromatic amines is 2. The smallest absolute Gasteiger partial charge is 0.403 e. The van der Waals surface area contributed by atoms with Crippen molar-refractivity contribution < 1.29 is 52.8 Å². The number of H-pyrrole nitrogens is 2. The number of methoxy groups -OCH3 is 1. The van der Waals surface area contributed by atoms with Crippen LogP contribution in [0.1, 0.15) is 250 Å². The molecule has 0 saturated heterocycles. The van der Waals surface area contributed by atoms with E-state index in [9.17, 15) is 24.0 Å². The second kappa shape index (κ2) is 53.3. The second-order valence-electron chi connectivity index (χ2n) is 34.8. The zero-order valence-electron chi connectivity index (χ0n) is 79.4. The number of ether oxygens (including phenoxy) is 5. The van der Waals surface area contributed by atoms with Gasteiger partial charge in [0.05, 0.1) is 57.2 Å². The predicted molar refractivity (Wildman–Crippen MR) is 529 cm³/mol. The summed E-state index contributed by atoms with van der Waals surface area (Å²) in [6.07, 6.45) is 42.6. The molecule has 10 heterocycles. The summed E-state index contributed by atoms with van der Waals surface area (Å²) in [7, 11) is -0.743. The normalized spacial score (nSPS) is 13.6. The van der Waals surface area contributed by atoms with Gasteiger partial charge in [0.15, 0.2) is 17.1 Å². The Hall–Kier alpha value is -12.9. The zero-order chi connectivity index (χ0) is 96.7. The van der Waals surface area contributed by atoms with Crippen LogP contribution in [0.4, 0.5) is 4.79 Å². The standard InChI is InChI=1S/C22H24N4O3.C14H16N4O2.C14H15NO2.C14H19NSi.C12H12N4O2.C11H11N.C9H10ClN.C5H10Si.C3H5ClO2/c1-3-29-22(27)20-21(19-13-10-16-6-4-5-7-18(16)23-19)26(25-24-20)14-15-8-11-17(28-2)12-9-15;1-2-20-14(19)13-12(16-18-17-13)11-8-7-9-5-3-4-6-10(9)15-11;1-2-17-14(16)10-9-12-8-7-11-5-3-4-6-13(11)15-12;1-16(2,3)11-10-13-9-8-12-6-4-5-7-14(12)15-13;17-12(18)11-10(14-16-15-11)9-6-5-7-3-1-2-4-8(7)13-9;1-2-10-8-7-9-5-3-4-6-11(9)12-10;10-9-6-5-7-3-1-2-4-8(7)11-9;1-5-6(2,3)4;1-2-6-3(4)5/h8-13H,3-7,14H2,1-2H3;7-8H,2-6H2,1H3,(H,16,17,18);7-8H,2-6H2,1H3;8-9H,4-7H2,1-3H3;5-6H,1-4H2,(H,17,18)(H,14,15,16);1,7-8H,3-6H2;5-6H,1-4H2;1H,2-4H3;2H2,1H3. The molecule has 0 bridgehead atoms. The fourth-order valence-electron chi connectivity index (χ4n) is 15.5. The fourth-order valence-corrected chi connectivity index (χ4v) is 16.3. The van der Waals surface area contributed by atoms with Crippen molar-refractivity contribution in [3.05, 3.63) is 233 Å². The van der Waals surface area contributed by atoms with E-state index in [1.165, 1.54) is 146 Å². The molecule has 10 aromatic heterocycles. The number of rotatable bonds is 13. The molecule has 0 radical (unpaired) electrons. The first-order chi connectivity index (χ1) is 65.2. The number of hydrogen-bond donors (Lipinski definition) is 3. The van der Waals surface area contributed by atoms with E-state index in [2.05, 4.69) is 192 Å². The van der Waals surface area contributed by atoms with Gasteiger partial charge in [0.1, 0.15) is 61.2 Å². The van der Waals surface area contributed by atoms with Gasteiger partial charge in [-0.2, -0.15) is 20.6 Å². The summed E-state index contributed by atoms with van der Waals surface area (Å²) >= 11 is 10.5. The van der Waals surface area contributed by atoms with Gasteiger partial charge in [-0.3, -0.25) is 15.0 Å². The SMILES string of the molecule is C#C[Si](C)(C)C.C#Cc1ccc2c(n1)CCCC2.CCOC(=O)C#Cc1ccc2c(n1)CCCC2.CCOC(=O)Cl.CCOC(=O)c1n[nH]nc1-c1ccc2c(n1)CCCC2.CCOC(=O)c1nnn(Cc2ccc(OC)cc2)c1-c1ccc2c(n1)CCCC2.C[Si](C)(C)C#Cc1ccc2c(n1)CCCC2.Clc1ccc2c(n1)CCCC2.O=C(O)c1n[nH]nc1-c1ccc2c(n1)CCCC2. The van der Waals surface area contributed by atoms with Crippen molar-refractivity contribution >= 4 is 68.7 Å². The lowest BCUT2D eigenvalue weighted by Gasteiger charge is -2.16. The van der Waals surface area contributed by atoms with Crippen molar-refractivity contribution in [2.45, 2.75) is 253 Å². The lowest BCUT2D eigenvalue weighted by Crippen LogP contribution is -2.16. The Kier molecular flexibility index (Phi) is 41.1. The molecule has 3 N–H and O–H groups in total. The number of terminal acetylenes is 2. The summed E-state index contributed by atoms with van der Waals surface area (Å²) < 4.78 is 26.0. The van der Waals surface area contributed by atoms with E-state index in [4.69, 9.17) is 65.1 Å². The minimum Gasteiger partial charge on any atom is -0.497 e. The van der Waals surface area contributed by atoms with Crippen LogP contribution in [-0.2, 0) is 120 Å². The highest BCUT2D eigenvalue weighted by molar-refractivity contribution is 6.84. The number of aromatic nitrogens is 16. The van der Waals surface area contributed by atoms with Crippen LogP contribution in [0.3, 0.4) is 0 Å². The predicted octanol–water partition coefficient (Wildman–Crippen LogP) is 19.3. The molecule has 706 valence electrons. The van der Waals surface area contributed by atoms with Gasteiger partial charge in [0, 0.05) is 57.4 Å². The number of nitrogens with one attached hydrogen (secondary N) is 2. The van der Waals surface area contributed by atoms with Crippen molar-refractivity contribution in [3.8, 4) is 87.5 Å². The molecule has 0 amide bonds. The fraction of sp³-hybridized carbons (Fsp3) is 0.423. The van der Waals surface area contributed by atoms with Crippen molar-refractivity contribution in [1.82, 2.24) is 80.7 Å². The van der Waals surface area contributed by atoms with Gasteiger partial charge in [-0.1, -0.05) is 123 Å². The van der Waals surface area contributed by atoms with Gasteiger partial charge in [-0.15, -0.1) is 39.2 Å². The van der Waals surface area contributed by atoms with Crippen LogP contribution in [-0.4, -0.2) is 165 Å². The number of benzene rings is 1. The number of esters is 3. The summed E-state index contributed by atoms with van der Waals surface area (Å²) in [6.45, 7) is 22.0. The maximum atomic E-state index is 12.5. The quantitative estimate of drug-likeness (QED) is 0.0241. The highest BCUT2D eigenvalue weighted by Crippen LogP contribution is 2.32. The largest absolute Gasteiger partial charge is 0.497 e. The average Bonchev–Trinajstić information content (AvgIpc) is 1.66. The molecular weight excluding hydrogens is 1780 g/mol. The van der Waals surface area contributed by atoms with Crippen LogP contribution < -0.4 is 4.74 Å². The molecule has 11 aromatic rings. The number of carboxylic acids is 1. The number of aryl methyl sites for hydroxylation is 14. The van der Waals surface area contributed by atoms with Crippen molar-refractivity contribution in [2.75, 3.05) is 33.5 Å². The second-order valence-corrected chi connectivity index (χ2v) is 45.0. The van der Waals surface area contributed by atoms with Crippen LogP contribution in [0.25, 0.3) is 34.2 Å². The highest BCUT2D eigenvalue weighted by Gasteiger charge is 2.28. The molecular formula is C104H122Cl2N16O11Si2. The van der Waals surface area contributed by atoms with Crippen LogP contribution in [0.2, 0.25) is 44.4 Å². The Bertz CT molecular complexity index is 6080. The molecule has 31 heteroatoms. The minimum atomic E-state index is -1.28. The molecule has 1 aromatic carbocycles. The molecule has 0 fully saturated rings. The van der Waals surface area contributed by atoms with Gasteiger partial charge < -0.3 is 28.8 Å². The first-order valence-electron chi connectivity index (χ1n) is 46.7. The van der Waals surface area contributed by atoms with Crippen molar-refractivity contribution in [1.29, 1.82) is 0 Å². The Labute approximate surface area is 804 Å². The number of hydrogen-bond acceptors (Lipinski definition) is 23. The number of pyridine rings is 7. The molecule has 135 heavy (non-hydrogen) atoms. The molecule has 27 nitrogen and oxygen atoms in total. The van der Waals surface area contributed by atoms with E-state index in [0.717, 1.165) is 135 Å². The van der Waals surface area contributed by atoms with Crippen LogP contribution >= 0.6 is 23.2 Å². The van der Waals surface area contributed by atoms with E-state index >= 15 is 0 Å². The number of carbonyl (C=O) groups excluding carboxylic acids is 4. The van der Waals surface area contributed by atoms with Gasteiger partial charge in [-0.25, -0.2) is 48.6 Å². The summed E-state index contributed by atoms with van der Waals surface area (Å²) in [6, 6.07) is 35.9. The van der Waals surface area contributed by atoms with Crippen LogP contribution in [0.5, 0.6) is 5.75 Å². The van der Waals surface area contributed by atoms with Crippen molar-refractivity contribution in [2.24, 2.45) is 0 Å². The number of carboxylic acid groups (broad SMARTS) is 1. The van der Waals surface area contributed by atoms with Crippen LogP contribution in [0.15, 0.2) is 109 Å². The number of carbonyl (C=O) groups is 5. The van der Waals surface area contributed by atoms with Gasteiger partial charge in [0.25, 0.3) is 0 Å². The van der Waals surface area contributed by atoms with Gasteiger partial charge in [0.2, 0.25) is 0 Å². The monoisotopic (exact) mass is 1900 g/mol. The first-order valence-corrected chi connectivity index (χ1v) is 54.4. The average molecular weight is 1900 g/mol. The summed E-state index contributed by atoms with van der Waals surface area (Å²) in [5.74, 6) is 9.21. The third kappa shape index (κ3) is 33.0. The molecule has 18 rings (SSSR count). The van der Waals surface area contributed by atoms with E-state index in [0.29, 0.717) is 71.4 Å². The molecule has 0 unspecified atom stereocenters. The van der Waals surface area contributed by atoms with E-state index in [-0.39, 0.29) is 23.7 Å². The van der Waals surface area contributed by atoms with Crippen LogP contribution in [0, 0.1) is 47.6 Å². The van der Waals surface area contributed by atoms with E-state index in [1.807, 2.05) is 66.7 Å². The molecule has 7 aliphatic carbocycles.